The van der Waals surface area contributed by atoms with Gasteiger partial charge in [-0.3, -0.25) is 0 Å². The number of aromatic nitrogens is 1. The third kappa shape index (κ3) is 1.95. The molecule has 0 aromatic carbocycles. The highest BCUT2D eigenvalue weighted by Crippen LogP contribution is 2.31. The van der Waals surface area contributed by atoms with Crippen molar-refractivity contribution in [2.75, 3.05) is 7.11 Å². The topological polar surface area (TPSA) is 48.1 Å². The molecule has 0 saturated carbocycles. The number of nitrogens with zero attached hydrogens (tertiary/aromatic N) is 1. The van der Waals surface area contributed by atoms with Gasteiger partial charge in [-0.2, -0.15) is 4.39 Å². The van der Waals surface area contributed by atoms with Crippen LogP contribution >= 0.6 is 0 Å². The maximum atomic E-state index is 12.7. The van der Waals surface area contributed by atoms with Crippen molar-refractivity contribution in [2.24, 2.45) is 5.73 Å². The predicted molar refractivity (Wildman–Crippen MR) is 43.6 cm³/mol. The molecule has 0 aliphatic rings. The summed E-state index contributed by atoms with van der Waals surface area (Å²) in [6.45, 7) is -0.152. The van der Waals surface area contributed by atoms with Crippen molar-refractivity contribution in [3.05, 3.63) is 23.3 Å². The number of halogens is 3. The van der Waals surface area contributed by atoms with Gasteiger partial charge >= 0.3 is 0 Å². The first kappa shape index (κ1) is 10.8. The second-order valence-electron chi connectivity index (χ2n) is 2.52. The van der Waals surface area contributed by atoms with Crippen LogP contribution in [-0.4, -0.2) is 12.1 Å². The second-order valence-corrected chi connectivity index (χ2v) is 2.52. The molecule has 3 nitrogen and oxygen atoms in total. The van der Waals surface area contributed by atoms with E-state index in [9.17, 15) is 13.2 Å². The number of hydrogen-bond donors (Lipinski definition) is 1. The SMILES string of the molecule is COc1c(C(F)F)cc(F)nc1CN. The molecule has 0 radical (unpaired) electrons. The Balaban J connectivity index is 3.31. The molecule has 0 amide bonds. The first-order valence-corrected chi connectivity index (χ1v) is 3.81. The third-order valence-corrected chi connectivity index (χ3v) is 1.67. The van der Waals surface area contributed by atoms with Gasteiger partial charge in [-0.1, -0.05) is 0 Å². The molecule has 78 valence electrons. The average Bonchev–Trinajstić information content (AvgIpc) is 2.16. The fourth-order valence-electron chi connectivity index (χ4n) is 1.11. The van der Waals surface area contributed by atoms with Crippen LogP contribution < -0.4 is 10.5 Å². The summed E-state index contributed by atoms with van der Waals surface area (Å²) in [6, 6.07) is 0.642. The zero-order valence-electron chi connectivity index (χ0n) is 7.43. The number of alkyl halides is 2. The Morgan fingerprint density at radius 2 is 2.21 bits per heavy atom. The number of methoxy groups -OCH3 is 1. The first-order chi connectivity index (χ1) is 6.60. The van der Waals surface area contributed by atoms with E-state index in [0.717, 1.165) is 0 Å². The number of pyridine rings is 1. The smallest absolute Gasteiger partial charge is 0.267 e. The van der Waals surface area contributed by atoms with Crippen molar-refractivity contribution in [1.82, 2.24) is 4.98 Å². The van der Waals surface area contributed by atoms with Crippen LogP contribution in [0.5, 0.6) is 5.75 Å². The molecule has 1 aromatic rings. The van der Waals surface area contributed by atoms with E-state index in [0.29, 0.717) is 6.07 Å². The molecule has 0 fully saturated rings. The second kappa shape index (κ2) is 4.28. The van der Waals surface area contributed by atoms with Crippen LogP contribution in [0.25, 0.3) is 0 Å². The highest BCUT2D eigenvalue weighted by Gasteiger charge is 2.19. The molecule has 0 aliphatic carbocycles. The minimum atomic E-state index is -2.81. The zero-order valence-corrected chi connectivity index (χ0v) is 7.43. The molecule has 0 unspecified atom stereocenters. The fraction of sp³-hybridized carbons (Fsp3) is 0.375. The van der Waals surface area contributed by atoms with Crippen molar-refractivity contribution in [3.63, 3.8) is 0 Å². The summed E-state index contributed by atoms with van der Waals surface area (Å²) in [7, 11) is 1.21. The van der Waals surface area contributed by atoms with Gasteiger partial charge in [0, 0.05) is 12.6 Å². The highest BCUT2D eigenvalue weighted by atomic mass is 19.3. The van der Waals surface area contributed by atoms with E-state index in [1.165, 1.54) is 7.11 Å². The average molecular weight is 206 g/mol. The summed E-state index contributed by atoms with van der Waals surface area (Å²) in [4.78, 5) is 3.36. The predicted octanol–water partition coefficient (Wildman–Crippen LogP) is 1.63. The highest BCUT2D eigenvalue weighted by molar-refractivity contribution is 5.38. The van der Waals surface area contributed by atoms with Crippen LogP contribution in [0.15, 0.2) is 6.07 Å². The van der Waals surface area contributed by atoms with Gasteiger partial charge in [-0.25, -0.2) is 13.8 Å². The van der Waals surface area contributed by atoms with E-state index < -0.39 is 17.9 Å². The molecule has 0 aliphatic heterocycles. The Labute approximate surface area is 78.7 Å². The van der Waals surface area contributed by atoms with Gasteiger partial charge in [0.1, 0.15) is 0 Å². The molecule has 0 bridgehead atoms. The molecule has 2 N–H and O–H groups in total. The van der Waals surface area contributed by atoms with Gasteiger partial charge in [0.25, 0.3) is 6.43 Å². The molecule has 0 atom stereocenters. The van der Waals surface area contributed by atoms with Crippen molar-refractivity contribution in [3.8, 4) is 5.75 Å². The van der Waals surface area contributed by atoms with Crippen molar-refractivity contribution in [1.29, 1.82) is 0 Å². The Morgan fingerprint density at radius 1 is 1.57 bits per heavy atom. The van der Waals surface area contributed by atoms with Crippen LogP contribution in [0.4, 0.5) is 13.2 Å². The van der Waals surface area contributed by atoms with Gasteiger partial charge in [0.15, 0.2) is 5.75 Å². The summed E-state index contributed by atoms with van der Waals surface area (Å²) in [5.74, 6) is -1.13. The standard InChI is InChI=1S/C8H9F3N2O/c1-14-7-4(8(10)11)2-6(9)13-5(7)3-12/h2,8H,3,12H2,1H3. The van der Waals surface area contributed by atoms with Crippen LogP contribution in [0, 0.1) is 5.95 Å². The Bertz CT molecular complexity index is 331. The van der Waals surface area contributed by atoms with Crippen LogP contribution in [-0.2, 0) is 6.54 Å². The summed E-state index contributed by atoms with van der Waals surface area (Å²) >= 11 is 0. The lowest BCUT2D eigenvalue weighted by Crippen LogP contribution is -2.07. The van der Waals surface area contributed by atoms with Crippen LogP contribution in [0.2, 0.25) is 0 Å². The molecular formula is C8H9F3N2O. The van der Waals surface area contributed by atoms with Gasteiger partial charge in [0.05, 0.1) is 18.4 Å². The number of hydrogen-bond acceptors (Lipinski definition) is 3. The quantitative estimate of drug-likeness (QED) is 0.764. The Morgan fingerprint density at radius 3 is 2.64 bits per heavy atom. The number of nitrogens with two attached hydrogens (primary N) is 1. The lowest BCUT2D eigenvalue weighted by atomic mass is 10.2. The van der Waals surface area contributed by atoms with E-state index in [1.807, 2.05) is 0 Å². The summed E-state index contributed by atoms with van der Waals surface area (Å²) in [6.07, 6.45) is -2.81. The van der Waals surface area contributed by atoms with E-state index >= 15 is 0 Å². The molecule has 0 spiro atoms. The Hall–Kier alpha value is -1.30. The molecule has 1 rings (SSSR count). The zero-order chi connectivity index (χ0) is 10.7. The lowest BCUT2D eigenvalue weighted by Gasteiger charge is -2.10. The van der Waals surface area contributed by atoms with E-state index in [1.54, 1.807) is 0 Å². The van der Waals surface area contributed by atoms with Gasteiger partial charge in [-0.05, 0) is 0 Å². The molecular weight excluding hydrogens is 197 g/mol. The minimum absolute atomic E-state index is 0.0113. The minimum Gasteiger partial charge on any atom is -0.494 e. The molecule has 0 saturated heterocycles. The van der Waals surface area contributed by atoms with Crippen LogP contribution in [0.3, 0.4) is 0 Å². The maximum Gasteiger partial charge on any atom is 0.267 e. The van der Waals surface area contributed by atoms with Crippen molar-refractivity contribution >= 4 is 0 Å². The van der Waals surface area contributed by atoms with Crippen molar-refractivity contribution in [2.45, 2.75) is 13.0 Å². The third-order valence-electron chi connectivity index (χ3n) is 1.67. The van der Waals surface area contributed by atoms with Crippen LogP contribution in [0.1, 0.15) is 17.7 Å². The van der Waals surface area contributed by atoms with E-state index in [4.69, 9.17) is 10.5 Å². The molecule has 6 heteroatoms. The van der Waals surface area contributed by atoms with Gasteiger partial charge < -0.3 is 10.5 Å². The number of ether oxygens (including phenoxy) is 1. The lowest BCUT2D eigenvalue weighted by molar-refractivity contribution is 0.146. The molecule has 14 heavy (non-hydrogen) atoms. The normalized spacial score (nSPS) is 10.7. The summed E-state index contributed by atoms with van der Waals surface area (Å²) < 4.78 is 42.2. The molecule has 1 aromatic heterocycles. The van der Waals surface area contributed by atoms with Gasteiger partial charge in [0.2, 0.25) is 5.95 Å². The molecule has 1 heterocycles. The summed E-state index contributed by atoms with van der Waals surface area (Å²) in [5, 5.41) is 0. The maximum absolute atomic E-state index is 12.7. The first-order valence-electron chi connectivity index (χ1n) is 3.81. The van der Waals surface area contributed by atoms with Crippen molar-refractivity contribution < 1.29 is 17.9 Å². The Kier molecular flexibility index (Phi) is 3.29. The van der Waals surface area contributed by atoms with Gasteiger partial charge in [-0.15, -0.1) is 0 Å². The fourth-order valence-corrected chi connectivity index (χ4v) is 1.11. The number of rotatable bonds is 3. The summed E-state index contributed by atoms with van der Waals surface area (Å²) in [5.41, 5.74) is 4.67. The monoisotopic (exact) mass is 206 g/mol. The van der Waals surface area contributed by atoms with E-state index in [-0.39, 0.29) is 18.0 Å². The largest absolute Gasteiger partial charge is 0.494 e. The van der Waals surface area contributed by atoms with E-state index in [2.05, 4.69) is 4.98 Å².